The Balaban J connectivity index is 1.94. The number of amides is 3. The maximum atomic E-state index is 12.4. The molecule has 2 aliphatic rings. The second-order valence-electron chi connectivity index (χ2n) is 7.53. The smallest absolute Gasteiger partial charge is 0.421 e. The fourth-order valence-corrected chi connectivity index (χ4v) is 3.79. The normalized spacial score (nSPS) is 22.5. The van der Waals surface area contributed by atoms with Crippen LogP contribution in [0.25, 0.3) is 0 Å². The molecule has 160 valence electrons. The van der Waals surface area contributed by atoms with E-state index in [1.165, 1.54) is 18.7 Å². The summed E-state index contributed by atoms with van der Waals surface area (Å²) in [5, 5.41) is 0.685. The van der Waals surface area contributed by atoms with Gasteiger partial charge in [0.1, 0.15) is 6.04 Å². The number of hydroxylamine groups is 2. The van der Waals surface area contributed by atoms with Crippen LogP contribution in [0, 0.1) is 5.41 Å². The number of primary amides is 1. The molecular weight excluding hydrogens is 394 g/mol. The van der Waals surface area contributed by atoms with E-state index in [1.54, 1.807) is 0 Å². The van der Waals surface area contributed by atoms with Crippen molar-refractivity contribution in [1.82, 2.24) is 9.96 Å². The molecule has 0 aromatic heterocycles. The molecule has 0 aliphatic carbocycles. The number of esters is 1. The Morgan fingerprint density at radius 1 is 1.29 bits per heavy atom. The maximum Gasteiger partial charge on any atom is 0.421 e. The van der Waals surface area contributed by atoms with Crippen LogP contribution < -0.4 is 5.73 Å². The molecule has 11 nitrogen and oxygen atoms in total. The van der Waals surface area contributed by atoms with Crippen LogP contribution >= 0.6 is 0 Å². The molecule has 0 aromatic rings. The lowest BCUT2D eigenvalue weighted by atomic mass is 9.95. The first-order valence-corrected chi connectivity index (χ1v) is 10.5. The number of ether oxygens (including phenoxy) is 1. The van der Waals surface area contributed by atoms with Gasteiger partial charge in [-0.25, -0.2) is 8.98 Å². The number of nitrogens with two attached hydrogens (primary N) is 1. The van der Waals surface area contributed by atoms with E-state index in [0.717, 1.165) is 6.42 Å². The first-order chi connectivity index (χ1) is 13.0. The van der Waals surface area contributed by atoms with Crippen molar-refractivity contribution < 1.29 is 36.0 Å². The molecule has 2 aliphatic heterocycles. The number of carbonyl (C=O) groups is 3. The lowest BCUT2D eigenvalue weighted by Crippen LogP contribution is -2.47. The molecule has 12 heteroatoms. The molecule has 3 amide bonds. The lowest BCUT2D eigenvalue weighted by Gasteiger charge is -2.27. The lowest BCUT2D eigenvalue weighted by molar-refractivity contribution is -0.156. The number of urea groups is 1. The van der Waals surface area contributed by atoms with Crippen LogP contribution in [0.4, 0.5) is 4.79 Å². The molecule has 0 saturated carbocycles. The van der Waals surface area contributed by atoms with Crippen molar-refractivity contribution in [2.75, 3.05) is 19.8 Å². The number of unbranched alkanes of at least 4 members (excludes halogenated alkanes) is 1. The van der Waals surface area contributed by atoms with Crippen molar-refractivity contribution in [2.24, 2.45) is 11.1 Å². The fraction of sp³-hybridized carbons (Fsp3) is 0.812. The van der Waals surface area contributed by atoms with Crippen LogP contribution in [0.5, 0.6) is 0 Å². The van der Waals surface area contributed by atoms with Crippen molar-refractivity contribution in [3.8, 4) is 0 Å². The summed E-state index contributed by atoms with van der Waals surface area (Å²) in [6.45, 7) is 4.77. The number of hydrogen-bond acceptors (Lipinski definition) is 8. The largest absolute Gasteiger partial charge is 0.465 e. The van der Waals surface area contributed by atoms with Gasteiger partial charge >= 0.3 is 22.4 Å². The number of rotatable bonds is 10. The van der Waals surface area contributed by atoms with E-state index < -0.39 is 52.4 Å². The van der Waals surface area contributed by atoms with E-state index in [2.05, 4.69) is 0 Å². The third-order valence-electron chi connectivity index (χ3n) is 4.67. The second-order valence-corrected chi connectivity index (χ2v) is 8.73. The Labute approximate surface area is 164 Å². The van der Waals surface area contributed by atoms with Crippen molar-refractivity contribution in [3.05, 3.63) is 0 Å². The molecule has 2 rings (SSSR count). The fourth-order valence-electron chi connectivity index (χ4n) is 2.93. The average molecular weight is 421 g/mol. The van der Waals surface area contributed by atoms with E-state index in [9.17, 15) is 22.8 Å². The van der Waals surface area contributed by atoms with Crippen molar-refractivity contribution in [2.45, 2.75) is 58.5 Å². The number of carbonyl (C=O) groups excluding carboxylic acids is 3. The van der Waals surface area contributed by atoms with Gasteiger partial charge in [0.05, 0.1) is 24.7 Å². The van der Waals surface area contributed by atoms with Crippen LogP contribution in [0.3, 0.4) is 0 Å². The maximum absolute atomic E-state index is 12.4. The van der Waals surface area contributed by atoms with Gasteiger partial charge in [0.15, 0.2) is 0 Å². The van der Waals surface area contributed by atoms with Gasteiger partial charge in [-0.15, -0.1) is 4.28 Å². The molecule has 0 aromatic carbocycles. The van der Waals surface area contributed by atoms with Gasteiger partial charge in [-0.05, 0) is 33.1 Å². The first-order valence-electron chi connectivity index (χ1n) is 9.14. The highest BCUT2D eigenvalue weighted by molar-refractivity contribution is 7.81. The predicted octanol–water partition coefficient (Wildman–Crippen LogP) is 0.303. The van der Waals surface area contributed by atoms with Crippen LogP contribution in [0.2, 0.25) is 0 Å². The highest BCUT2D eigenvalue weighted by Crippen LogP contribution is 2.31. The standard InChI is InChI=1S/C16H27N3O8S/c1-4-5-8-25-14(21)16(2,3)10-26-28(23,24)27-19-11-6-7-12(13(17)20)18(9-11)15(19)22/h11-12H,4-10H2,1-3H3,(H2,17,20)/t11?,12-/m0/s1. The van der Waals surface area contributed by atoms with E-state index >= 15 is 0 Å². The van der Waals surface area contributed by atoms with Crippen molar-refractivity contribution >= 4 is 28.3 Å². The Morgan fingerprint density at radius 2 is 1.96 bits per heavy atom. The molecule has 0 spiro atoms. The summed E-state index contributed by atoms with van der Waals surface area (Å²) < 4.78 is 39.0. The highest BCUT2D eigenvalue weighted by atomic mass is 32.3. The Bertz CT molecular complexity index is 723. The molecule has 1 unspecified atom stereocenters. The van der Waals surface area contributed by atoms with Crippen LogP contribution in [0.15, 0.2) is 0 Å². The Kier molecular flexibility index (Phi) is 6.88. The molecule has 2 bridgehead atoms. The molecular formula is C16H27N3O8S. The molecule has 2 saturated heterocycles. The van der Waals surface area contributed by atoms with Crippen molar-refractivity contribution in [3.63, 3.8) is 0 Å². The summed E-state index contributed by atoms with van der Waals surface area (Å²) in [6.07, 6.45) is 2.24. The van der Waals surface area contributed by atoms with Crippen LogP contribution in [0.1, 0.15) is 46.5 Å². The number of piperidine rings is 1. The number of nitrogens with zero attached hydrogens (tertiary/aromatic N) is 2. The Morgan fingerprint density at radius 3 is 2.57 bits per heavy atom. The van der Waals surface area contributed by atoms with Gasteiger partial charge in [-0.1, -0.05) is 13.3 Å². The minimum atomic E-state index is -4.61. The molecule has 0 radical (unpaired) electrons. The summed E-state index contributed by atoms with van der Waals surface area (Å²) in [4.78, 5) is 37.0. The summed E-state index contributed by atoms with van der Waals surface area (Å²) in [7, 11) is -4.61. The first kappa shape index (κ1) is 22.4. The zero-order chi connectivity index (χ0) is 21.1. The third kappa shape index (κ3) is 5.11. The Hall–Kier alpha value is -1.92. The molecule has 2 heterocycles. The average Bonchev–Trinajstić information content (AvgIpc) is 2.84. The zero-order valence-corrected chi connectivity index (χ0v) is 17.1. The summed E-state index contributed by atoms with van der Waals surface area (Å²) in [5.74, 6) is -1.25. The zero-order valence-electron chi connectivity index (χ0n) is 16.3. The quantitative estimate of drug-likeness (QED) is 0.391. The van der Waals surface area contributed by atoms with Gasteiger partial charge in [-0.2, -0.15) is 13.5 Å². The van der Waals surface area contributed by atoms with Gasteiger partial charge in [0, 0.05) is 6.54 Å². The summed E-state index contributed by atoms with van der Waals surface area (Å²) >= 11 is 0. The third-order valence-corrected chi connectivity index (χ3v) is 5.42. The van der Waals surface area contributed by atoms with E-state index in [-0.39, 0.29) is 13.2 Å². The van der Waals surface area contributed by atoms with E-state index in [4.69, 9.17) is 18.9 Å². The van der Waals surface area contributed by atoms with Gasteiger partial charge < -0.3 is 15.4 Å². The second kappa shape index (κ2) is 8.62. The minimum absolute atomic E-state index is 0.136. The number of fused-ring (bicyclic) bond motifs is 2. The van der Waals surface area contributed by atoms with Gasteiger partial charge in [0.25, 0.3) is 0 Å². The highest BCUT2D eigenvalue weighted by Gasteiger charge is 2.49. The van der Waals surface area contributed by atoms with Crippen LogP contribution in [-0.2, 0) is 33.2 Å². The molecule has 28 heavy (non-hydrogen) atoms. The monoisotopic (exact) mass is 421 g/mol. The minimum Gasteiger partial charge on any atom is -0.465 e. The predicted molar refractivity (Wildman–Crippen MR) is 95.6 cm³/mol. The SMILES string of the molecule is CCCCOC(=O)C(C)(C)COS(=O)(=O)ON1C(=O)N2CC1CC[C@H]2C(N)=O. The van der Waals surface area contributed by atoms with Crippen molar-refractivity contribution in [1.29, 1.82) is 0 Å². The van der Waals surface area contributed by atoms with Gasteiger partial charge in [-0.3, -0.25) is 9.59 Å². The summed E-state index contributed by atoms with van der Waals surface area (Å²) in [5.41, 5.74) is 4.05. The summed E-state index contributed by atoms with van der Waals surface area (Å²) in [6, 6.07) is -2.09. The number of hydrogen-bond donors (Lipinski definition) is 1. The van der Waals surface area contributed by atoms with E-state index in [1.807, 2.05) is 6.92 Å². The van der Waals surface area contributed by atoms with Gasteiger partial charge in [0.2, 0.25) is 5.91 Å². The molecule has 2 atom stereocenters. The molecule has 2 fully saturated rings. The topological polar surface area (TPSA) is 146 Å². The van der Waals surface area contributed by atoms with E-state index in [0.29, 0.717) is 24.3 Å². The molecule has 2 N–H and O–H groups in total. The van der Waals surface area contributed by atoms with Crippen LogP contribution in [-0.4, -0.2) is 68.1 Å².